The van der Waals surface area contributed by atoms with E-state index in [0.29, 0.717) is 36.6 Å². The normalized spacial score (nSPS) is 26.0. The van der Waals surface area contributed by atoms with Crippen molar-refractivity contribution in [1.29, 1.82) is 0 Å². The molecule has 1 saturated carbocycles. The number of carbonyl (C=O) groups excluding carboxylic acids is 2. The summed E-state index contributed by atoms with van der Waals surface area (Å²) in [6, 6.07) is 7.22. The molecule has 1 aliphatic carbocycles. The molecule has 0 spiro atoms. The highest BCUT2D eigenvalue weighted by atomic mass is 35.5. The molecule has 1 amide bonds. The molecular formula is C22H30ClNO5. The van der Waals surface area contributed by atoms with Gasteiger partial charge < -0.3 is 14.2 Å². The summed E-state index contributed by atoms with van der Waals surface area (Å²) < 4.78 is 17.1. The Morgan fingerprint density at radius 1 is 1.17 bits per heavy atom. The van der Waals surface area contributed by atoms with Crippen LogP contribution in [0.4, 0.5) is 4.79 Å². The summed E-state index contributed by atoms with van der Waals surface area (Å²) in [5, 5.41) is 0.477. The number of hydrogen-bond acceptors (Lipinski definition) is 5. The molecule has 0 unspecified atom stereocenters. The van der Waals surface area contributed by atoms with E-state index in [1.54, 1.807) is 13.1 Å². The van der Waals surface area contributed by atoms with Crippen molar-refractivity contribution in [3.63, 3.8) is 0 Å². The first-order valence-corrected chi connectivity index (χ1v) is 10.4. The molecule has 29 heavy (non-hydrogen) atoms. The average Bonchev–Trinajstić information content (AvgIpc) is 2.69. The van der Waals surface area contributed by atoms with E-state index in [2.05, 4.69) is 0 Å². The van der Waals surface area contributed by atoms with E-state index in [-0.39, 0.29) is 12.4 Å². The Kier molecular flexibility index (Phi) is 6.27. The van der Waals surface area contributed by atoms with Gasteiger partial charge in [-0.1, -0.05) is 36.7 Å². The van der Waals surface area contributed by atoms with E-state index in [9.17, 15) is 9.59 Å². The van der Waals surface area contributed by atoms with Gasteiger partial charge in [0.25, 0.3) is 0 Å². The minimum Gasteiger partial charge on any atom is -0.449 e. The SMILES string of the molecule is CN(C(=O)OCC1(C)COC(C)(C)OC1)[C@]1(c2ccccc2Cl)CCCCC1=O. The van der Waals surface area contributed by atoms with Gasteiger partial charge in [-0.25, -0.2) is 4.79 Å². The van der Waals surface area contributed by atoms with Crippen LogP contribution in [0.5, 0.6) is 0 Å². The van der Waals surface area contributed by atoms with Crippen molar-refractivity contribution in [2.45, 2.75) is 57.8 Å². The van der Waals surface area contributed by atoms with Gasteiger partial charge in [0, 0.05) is 29.5 Å². The fourth-order valence-electron chi connectivity index (χ4n) is 3.98. The summed E-state index contributed by atoms with van der Waals surface area (Å²) in [5.74, 6) is -0.642. The zero-order valence-corrected chi connectivity index (χ0v) is 18.4. The minimum atomic E-state index is -1.10. The number of nitrogens with zero attached hydrogens (tertiary/aromatic N) is 1. The van der Waals surface area contributed by atoms with Crippen molar-refractivity contribution in [3.05, 3.63) is 34.9 Å². The Balaban J connectivity index is 1.78. The first kappa shape index (κ1) is 22.1. The number of halogens is 1. The number of likely N-dealkylation sites (N-methyl/N-ethyl adjacent to an activating group) is 1. The molecule has 6 nitrogen and oxygen atoms in total. The summed E-state index contributed by atoms with van der Waals surface area (Å²) in [6.07, 6.45) is 2.04. The second kappa shape index (κ2) is 8.25. The van der Waals surface area contributed by atoms with Crippen LogP contribution in [-0.4, -0.2) is 49.4 Å². The first-order valence-electron chi connectivity index (χ1n) is 10.1. The predicted octanol–water partition coefficient (Wildman–Crippen LogP) is 4.54. The lowest BCUT2D eigenvalue weighted by atomic mass is 9.74. The topological polar surface area (TPSA) is 65.1 Å². The van der Waals surface area contributed by atoms with Gasteiger partial charge in [0.1, 0.15) is 12.1 Å². The molecule has 0 bridgehead atoms. The standard InChI is InChI=1S/C22H30ClNO5/c1-20(2)28-14-21(3,15-29-20)13-27-19(26)24(4)22(12-8-7-11-18(22)25)16-9-5-6-10-17(16)23/h5-6,9-10H,7-8,11-15H2,1-4H3/t22-/m0/s1. The summed E-state index contributed by atoms with van der Waals surface area (Å²) in [4.78, 5) is 27.5. The summed E-state index contributed by atoms with van der Waals surface area (Å²) in [7, 11) is 1.62. The molecule has 160 valence electrons. The molecular weight excluding hydrogens is 394 g/mol. The van der Waals surface area contributed by atoms with E-state index in [4.69, 9.17) is 25.8 Å². The monoisotopic (exact) mass is 423 g/mol. The number of Topliss-reactive ketones (excluding diaryl/α,β-unsaturated/α-hetero) is 1. The maximum absolute atomic E-state index is 13.1. The van der Waals surface area contributed by atoms with Gasteiger partial charge >= 0.3 is 6.09 Å². The molecule has 1 aromatic rings. The molecule has 1 saturated heterocycles. The van der Waals surface area contributed by atoms with Crippen LogP contribution >= 0.6 is 11.6 Å². The molecule has 0 N–H and O–H groups in total. The molecule has 1 aliphatic heterocycles. The van der Waals surface area contributed by atoms with Crippen molar-refractivity contribution in [2.75, 3.05) is 26.9 Å². The molecule has 0 radical (unpaired) electrons. The van der Waals surface area contributed by atoms with Crippen LogP contribution < -0.4 is 0 Å². The Labute approximate surface area is 177 Å². The fraction of sp³-hybridized carbons (Fsp3) is 0.636. The van der Waals surface area contributed by atoms with Crippen molar-refractivity contribution < 1.29 is 23.8 Å². The number of ether oxygens (including phenoxy) is 3. The van der Waals surface area contributed by atoms with Crippen LogP contribution in [0, 0.1) is 5.41 Å². The van der Waals surface area contributed by atoms with Crippen LogP contribution in [-0.2, 0) is 24.5 Å². The smallest absolute Gasteiger partial charge is 0.410 e. The second-order valence-electron chi connectivity index (χ2n) is 8.87. The summed E-state index contributed by atoms with van der Waals surface area (Å²) in [5.41, 5.74) is -0.890. The van der Waals surface area contributed by atoms with Crippen LogP contribution in [0.2, 0.25) is 5.02 Å². The molecule has 0 aromatic heterocycles. The number of hydrogen-bond donors (Lipinski definition) is 0. The number of amides is 1. The minimum absolute atomic E-state index is 0.00593. The predicted molar refractivity (Wildman–Crippen MR) is 110 cm³/mol. The molecule has 1 aromatic carbocycles. The third kappa shape index (κ3) is 4.44. The van der Waals surface area contributed by atoms with E-state index in [0.717, 1.165) is 12.8 Å². The number of carbonyl (C=O) groups is 2. The van der Waals surface area contributed by atoms with E-state index >= 15 is 0 Å². The molecule has 1 heterocycles. The van der Waals surface area contributed by atoms with Crippen molar-refractivity contribution >= 4 is 23.5 Å². The highest BCUT2D eigenvalue weighted by Crippen LogP contribution is 2.42. The molecule has 2 aliphatic rings. The van der Waals surface area contributed by atoms with E-state index in [1.807, 2.05) is 39.0 Å². The molecule has 7 heteroatoms. The van der Waals surface area contributed by atoms with Crippen LogP contribution in [0.25, 0.3) is 0 Å². The van der Waals surface area contributed by atoms with Gasteiger partial charge in [-0.15, -0.1) is 0 Å². The highest BCUT2D eigenvalue weighted by molar-refractivity contribution is 6.31. The molecule has 3 rings (SSSR count). The van der Waals surface area contributed by atoms with Gasteiger partial charge in [0.15, 0.2) is 11.6 Å². The maximum Gasteiger partial charge on any atom is 0.410 e. The third-order valence-corrected chi connectivity index (χ3v) is 6.23. The van der Waals surface area contributed by atoms with Gasteiger partial charge in [-0.05, 0) is 39.2 Å². The number of rotatable bonds is 4. The zero-order chi connectivity index (χ0) is 21.3. The van der Waals surface area contributed by atoms with Gasteiger partial charge in [-0.2, -0.15) is 0 Å². The van der Waals surface area contributed by atoms with E-state index in [1.165, 1.54) is 4.90 Å². The summed E-state index contributed by atoms with van der Waals surface area (Å²) in [6.45, 7) is 6.64. The first-order chi connectivity index (χ1) is 13.6. The van der Waals surface area contributed by atoms with Crippen molar-refractivity contribution in [2.24, 2.45) is 5.41 Å². The Morgan fingerprint density at radius 2 is 1.83 bits per heavy atom. The van der Waals surface area contributed by atoms with Crippen LogP contribution in [0.1, 0.15) is 52.0 Å². The quantitative estimate of drug-likeness (QED) is 0.711. The lowest BCUT2D eigenvalue weighted by molar-refractivity contribution is -0.286. The fourth-order valence-corrected chi connectivity index (χ4v) is 4.27. The van der Waals surface area contributed by atoms with Crippen molar-refractivity contribution in [3.8, 4) is 0 Å². The van der Waals surface area contributed by atoms with E-state index < -0.39 is 22.8 Å². The van der Waals surface area contributed by atoms with Gasteiger partial charge in [0.05, 0.1) is 13.2 Å². The molecule has 2 fully saturated rings. The van der Waals surface area contributed by atoms with Crippen LogP contribution in [0.3, 0.4) is 0 Å². The second-order valence-corrected chi connectivity index (χ2v) is 9.28. The number of benzene rings is 1. The molecule has 1 atom stereocenters. The number of ketones is 1. The summed E-state index contributed by atoms with van der Waals surface area (Å²) >= 11 is 6.44. The highest BCUT2D eigenvalue weighted by Gasteiger charge is 2.49. The average molecular weight is 424 g/mol. The maximum atomic E-state index is 13.1. The van der Waals surface area contributed by atoms with Gasteiger partial charge in [0.2, 0.25) is 0 Å². The lowest BCUT2D eigenvalue weighted by Crippen LogP contribution is -2.55. The zero-order valence-electron chi connectivity index (χ0n) is 17.6. The Morgan fingerprint density at radius 3 is 2.45 bits per heavy atom. The van der Waals surface area contributed by atoms with Gasteiger partial charge in [-0.3, -0.25) is 9.69 Å². The largest absolute Gasteiger partial charge is 0.449 e. The third-order valence-electron chi connectivity index (χ3n) is 5.90. The Bertz CT molecular complexity index is 770. The lowest BCUT2D eigenvalue weighted by Gasteiger charge is -2.44. The van der Waals surface area contributed by atoms with Crippen molar-refractivity contribution in [1.82, 2.24) is 4.90 Å². The van der Waals surface area contributed by atoms with Crippen LogP contribution in [0.15, 0.2) is 24.3 Å². The Hall–Kier alpha value is -1.63.